The molecule has 0 unspecified atom stereocenters. The summed E-state index contributed by atoms with van der Waals surface area (Å²) in [5.74, 6) is 0.0571. The molecule has 0 atom stereocenters. The van der Waals surface area contributed by atoms with Gasteiger partial charge in [-0.3, -0.25) is 4.79 Å². The Balaban J connectivity index is 1.74. The van der Waals surface area contributed by atoms with Gasteiger partial charge in [0.05, 0.1) is 6.42 Å². The molecular weight excluding hydrogens is 236 g/mol. The number of anilines is 1. The van der Waals surface area contributed by atoms with E-state index in [1.165, 1.54) is 5.56 Å². The van der Waals surface area contributed by atoms with Crippen LogP contribution in [0.2, 0.25) is 0 Å². The standard InChI is InChI=1S/C16H18N2O/c17-15-8-6-13(7-9-15)10-11-18-16(19)12-14-4-2-1-3-5-14/h1-9H,10-12,17H2,(H,18,19). The second-order valence-electron chi connectivity index (χ2n) is 4.50. The minimum Gasteiger partial charge on any atom is -0.399 e. The minimum absolute atomic E-state index is 0.0571. The minimum atomic E-state index is 0.0571. The highest BCUT2D eigenvalue weighted by Gasteiger charge is 2.02. The molecule has 0 bridgehead atoms. The molecular formula is C16H18N2O. The van der Waals surface area contributed by atoms with Crippen molar-refractivity contribution in [1.82, 2.24) is 5.32 Å². The third kappa shape index (κ3) is 4.47. The Morgan fingerprint density at radius 1 is 0.947 bits per heavy atom. The van der Waals surface area contributed by atoms with Gasteiger partial charge in [-0.25, -0.2) is 0 Å². The average molecular weight is 254 g/mol. The summed E-state index contributed by atoms with van der Waals surface area (Å²) in [5.41, 5.74) is 8.59. The van der Waals surface area contributed by atoms with Gasteiger partial charge in [0.2, 0.25) is 5.91 Å². The zero-order chi connectivity index (χ0) is 13.5. The first-order chi connectivity index (χ1) is 9.24. The normalized spacial score (nSPS) is 10.1. The Labute approximate surface area is 113 Å². The molecule has 3 nitrogen and oxygen atoms in total. The van der Waals surface area contributed by atoms with Gasteiger partial charge < -0.3 is 11.1 Å². The zero-order valence-corrected chi connectivity index (χ0v) is 10.8. The van der Waals surface area contributed by atoms with Gasteiger partial charge in [-0.1, -0.05) is 42.5 Å². The van der Waals surface area contributed by atoms with Crippen LogP contribution in [0.5, 0.6) is 0 Å². The largest absolute Gasteiger partial charge is 0.399 e. The van der Waals surface area contributed by atoms with Gasteiger partial charge in [0.25, 0.3) is 0 Å². The molecule has 0 aliphatic rings. The number of carbonyl (C=O) groups is 1. The van der Waals surface area contributed by atoms with Crippen molar-refractivity contribution in [2.45, 2.75) is 12.8 Å². The molecule has 2 aromatic rings. The lowest BCUT2D eigenvalue weighted by Crippen LogP contribution is -2.27. The molecule has 0 spiro atoms. The maximum Gasteiger partial charge on any atom is 0.224 e. The maximum absolute atomic E-state index is 11.7. The van der Waals surface area contributed by atoms with Crippen LogP contribution < -0.4 is 11.1 Å². The number of nitrogens with two attached hydrogens (primary N) is 1. The number of nitrogen functional groups attached to an aromatic ring is 1. The predicted molar refractivity (Wildman–Crippen MR) is 77.7 cm³/mol. The van der Waals surface area contributed by atoms with Gasteiger partial charge >= 0.3 is 0 Å². The molecule has 0 heterocycles. The molecule has 0 saturated heterocycles. The molecule has 19 heavy (non-hydrogen) atoms. The van der Waals surface area contributed by atoms with E-state index in [1.807, 2.05) is 54.6 Å². The van der Waals surface area contributed by atoms with Crippen molar-refractivity contribution in [2.24, 2.45) is 0 Å². The summed E-state index contributed by atoms with van der Waals surface area (Å²) in [4.78, 5) is 11.7. The summed E-state index contributed by atoms with van der Waals surface area (Å²) < 4.78 is 0. The number of amides is 1. The molecule has 3 N–H and O–H groups in total. The van der Waals surface area contributed by atoms with Crippen molar-refractivity contribution < 1.29 is 4.79 Å². The first-order valence-corrected chi connectivity index (χ1v) is 6.39. The van der Waals surface area contributed by atoms with Crippen LogP contribution in [-0.4, -0.2) is 12.5 Å². The summed E-state index contributed by atoms with van der Waals surface area (Å²) in [5, 5.41) is 2.92. The summed E-state index contributed by atoms with van der Waals surface area (Å²) in [6, 6.07) is 17.5. The van der Waals surface area contributed by atoms with Gasteiger partial charge in [-0.15, -0.1) is 0 Å². The van der Waals surface area contributed by atoms with Crippen LogP contribution in [0.1, 0.15) is 11.1 Å². The molecule has 2 aromatic carbocycles. The molecule has 0 aliphatic heterocycles. The number of hydrogen-bond donors (Lipinski definition) is 2. The zero-order valence-electron chi connectivity index (χ0n) is 10.8. The number of nitrogens with one attached hydrogen (secondary N) is 1. The Hall–Kier alpha value is -2.29. The molecule has 0 saturated carbocycles. The second kappa shape index (κ2) is 6.59. The molecule has 2 rings (SSSR count). The lowest BCUT2D eigenvalue weighted by molar-refractivity contribution is -0.120. The molecule has 0 radical (unpaired) electrons. The van der Waals surface area contributed by atoms with Crippen molar-refractivity contribution in [3.8, 4) is 0 Å². The van der Waals surface area contributed by atoms with Crippen LogP contribution in [0.3, 0.4) is 0 Å². The van der Waals surface area contributed by atoms with Gasteiger partial charge in [0.1, 0.15) is 0 Å². The van der Waals surface area contributed by atoms with Crippen molar-refractivity contribution in [2.75, 3.05) is 12.3 Å². The quantitative estimate of drug-likeness (QED) is 0.803. The molecule has 3 heteroatoms. The Kier molecular flexibility index (Phi) is 4.56. The third-order valence-electron chi connectivity index (χ3n) is 2.92. The van der Waals surface area contributed by atoms with E-state index in [2.05, 4.69) is 5.32 Å². The van der Waals surface area contributed by atoms with E-state index in [0.717, 1.165) is 17.7 Å². The molecule has 0 fully saturated rings. The highest BCUT2D eigenvalue weighted by atomic mass is 16.1. The highest BCUT2D eigenvalue weighted by molar-refractivity contribution is 5.78. The van der Waals surface area contributed by atoms with Crippen LogP contribution in [-0.2, 0) is 17.6 Å². The van der Waals surface area contributed by atoms with Crippen LogP contribution in [0.15, 0.2) is 54.6 Å². The van der Waals surface area contributed by atoms with E-state index in [-0.39, 0.29) is 5.91 Å². The summed E-state index contributed by atoms with van der Waals surface area (Å²) in [7, 11) is 0. The number of carbonyl (C=O) groups excluding carboxylic acids is 1. The van der Waals surface area contributed by atoms with Crippen LogP contribution in [0, 0.1) is 0 Å². The van der Waals surface area contributed by atoms with E-state index < -0.39 is 0 Å². The lowest BCUT2D eigenvalue weighted by Gasteiger charge is -2.06. The third-order valence-corrected chi connectivity index (χ3v) is 2.92. The molecule has 1 amide bonds. The van der Waals surface area contributed by atoms with Crippen LogP contribution >= 0.6 is 0 Å². The topological polar surface area (TPSA) is 55.1 Å². The first-order valence-electron chi connectivity index (χ1n) is 6.39. The monoisotopic (exact) mass is 254 g/mol. The lowest BCUT2D eigenvalue weighted by atomic mass is 10.1. The molecule has 0 aromatic heterocycles. The van der Waals surface area contributed by atoms with Crippen molar-refractivity contribution >= 4 is 11.6 Å². The highest BCUT2D eigenvalue weighted by Crippen LogP contribution is 2.05. The van der Waals surface area contributed by atoms with Gasteiger partial charge in [0.15, 0.2) is 0 Å². The Morgan fingerprint density at radius 3 is 2.32 bits per heavy atom. The Morgan fingerprint density at radius 2 is 1.63 bits per heavy atom. The van der Waals surface area contributed by atoms with E-state index in [1.54, 1.807) is 0 Å². The summed E-state index contributed by atoms with van der Waals surface area (Å²) >= 11 is 0. The van der Waals surface area contributed by atoms with Crippen molar-refractivity contribution in [3.05, 3.63) is 65.7 Å². The van der Waals surface area contributed by atoms with Crippen molar-refractivity contribution in [1.29, 1.82) is 0 Å². The van der Waals surface area contributed by atoms with Crippen LogP contribution in [0.4, 0.5) is 5.69 Å². The predicted octanol–water partition coefficient (Wildman–Crippen LogP) is 2.17. The van der Waals surface area contributed by atoms with Crippen molar-refractivity contribution in [3.63, 3.8) is 0 Å². The fourth-order valence-electron chi connectivity index (χ4n) is 1.87. The number of hydrogen-bond acceptors (Lipinski definition) is 2. The number of rotatable bonds is 5. The fraction of sp³-hybridized carbons (Fsp3) is 0.188. The average Bonchev–Trinajstić information content (AvgIpc) is 2.42. The molecule has 98 valence electrons. The number of benzene rings is 2. The summed E-state index contributed by atoms with van der Waals surface area (Å²) in [6.07, 6.45) is 1.25. The summed E-state index contributed by atoms with van der Waals surface area (Å²) in [6.45, 7) is 0.648. The van der Waals surface area contributed by atoms with Gasteiger partial charge in [-0.2, -0.15) is 0 Å². The van der Waals surface area contributed by atoms with E-state index in [0.29, 0.717) is 13.0 Å². The van der Waals surface area contributed by atoms with E-state index >= 15 is 0 Å². The van der Waals surface area contributed by atoms with E-state index in [9.17, 15) is 4.79 Å². The van der Waals surface area contributed by atoms with Gasteiger partial charge in [-0.05, 0) is 29.7 Å². The molecule has 0 aliphatic carbocycles. The Bertz CT molecular complexity index is 520. The smallest absolute Gasteiger partial charge is 0.224 e. The maximum atomic E-state index is 11.7. The van der Waals surface area contributed by atoms with Gasteiger partial charge in [0, 0.05) is 12.2 Å². The van der Waals surface area contributed by atoms with E-state index in [4.69, 9.17) is 5.73 Å². The fourth-order valence-corrected chi connectivity index (χ4v) is 1.87. The first kappa shape index (κ1) is 13.1. The second-order valence-corrected chi connectivity index (χ2v) is 4.50. The SMILES string of the molecule is Nc1ccc(CCNC(=O)Cc2ccccc2)cc1. The van der Waals surface area contributed by atoms with Crippen LogP contribution in [0.25, 0.3) is 0 Å².